The zero-order chi connectivity index (χ0) is 11.8. The van der Waals surface area contributed by atoms with Crippen molar-refractivity contribution in [3.8, 4) is 0 Å². The molecule has 0 aliphatic rings. The largest absolute Gasteiger partial charge is 0.480 e. The van der Waals surface area contributed by atoms with Crippen molar-refractivity contribution in [3.63, 3.8) is 0 Å². The molecule has 6 nitrogen and oxygen atoms in total. The van der Waals surface area contributed by atoms with Crippen molar-refractivity contribution >= 4 is 36.3 Å². The summed E-state index contributed by atoms with van der Waals surface area (Å²) in [6.45, 7) is 0. The standard InChI is InChI=1S/C7H14N2O4S2/c8-4(6(10)11)2-15-3-9-5(1-14)7(12)13/h4-5,9,14H,1-3,8H2,(H,10,11)(H,12,13). The van der Waals surface area contributed by atoms with Crippen molar-refractivity contribution in [2.24, 2.45) is 5.73 Å². The first-order chi connectivity index (χ1) is 6.99. The number of aliphatic carboxylic acids is 2. The van der Waals surface area contributed by atoms with E-state index in [4.69, 9.17) is 15.9 Å². The molecule has 0 fully saturated rings. The molecule has 5 N–H and O–H groups in total. The maximum Gasteiger partial charge on any atom is 0.321 e. The molecule has 8 heteroatoms. The van der Waals surface area contributed by atoms with Crippen LogP contribution in [0.1, 0.15) is 0 Å². The Hall–Kier alpha value is -0.440. The van der Waals surface area contributed by atoms with E-state index in [0.717, 1.165) is 0 Å². The number of hydrogen-bond acceptors (Lipinski definition) is 6. The lowest BCUT2D eigenvalue weighted by atomic mass is 10.3. The van der Waals surface area contributed by atoms with Crippen molar-refractivity contribution in [2.45, 2.75) is 12.1 Å². The summed E-state index contributed by atoms with van der Waals surface area (Å²) in [5.41, 5.74) is 5.25. The number of carboxylic acids is 2. The van der Waals surface area contributed by atoms with Crippen LogP contribution in [-0.4, -0.2) is 51.6 Å². The molecule has 0 heterocycles. The van der Waals surface area contributed by atoms with E-state index in [1.54, 1.807) is 0 Å². The predicted octanol–water partition coefficient (Wildman–Crippen LogP) is -0.938. The summed E-state index contributed by atoms with van der Waals surface area (Å²) in [6.07, 6.45) is 0. The molecule has 88 valence electrons. The van der Waals surface area contributed by atoms with Crippen LogP contribution in [0.15, 0.2) is 0 Å². The fraction of sp³-hybridized carbons (Fsp3) is 0.714. The summed E-state index contributed by atoms with van der Waals surface area (Å²) in [4.78, 5) is 20.9. The van der Waals surface area contributed by atoms with Crippen LogP contribution >= 0.6 is 24.4 Å². The van der Waals surface area contributed by atoms with Gasteiger partial charge >= 0.3 is 11.9 Å². The van der Waals surface area contributed by atoms with E-state index in [2.05, 4.69) is 17.9 Å². The molecule has 0 rings (SSSR count). The van der Waals surface area contributed by atoms with E-state index in [0.29, 0.717) is 5.88 Å². The van der Waals surface area contributed by atoms with Gasteiger partial charge in [0.1, 0.15) is 12.1 Å². The van der Waals surface area contributed by atoms with Crippen LogP contribution in [0.5, 0.6) is 0 Å². The highest BCUT2D eigenvalue weighted by atomic mass is 32.2. The number of thiol groups is 1. The minimum atomic E-state index is -1.06. The second-order valence-electron chi connectivity index (χ2n) is 2.74. The van der Waals surface area contributed by atoms with Crippen molar-refractivity contribution in [1.82, 2.24) is 5.32 Å². The smallest absolute Gasteiger partial charge is 0.321 e. The van der Waals surface area contributed by atoms with Gasteiger partial charge in [0.2, 0.25) is 0 Å². The van der Waals surface area contributed by atoms with Gasteiger partial charge in [-0.15, -0.1) is 11.8 Å². The van der Waals surface area contributed by atoms with Gasteiger partial charge < -0.3 is 15.9 Å². The van der Waals surface area contributed by atoms with Crippen LogP contribution in [0.3, 0.4) is 0 Å². The SMILES string of the molecule is NC(CSCNC(CS)C(=O)O)C(=O)O. The Balaban J connectivity index is 3.61. The van der Waals surface area contributed by atoms with E-state index < -0.39 is 24.0 Å². The quantitative estimate of drug-likeness (QED) is 0.216. The number of carbonyl (C=O) groups is 2. The first-order valence-corrected chi connectivity index (χ1v) is 5.91. The third kappa shape index (κ3) is 6.61. The molecular weight excluding hydrogens is 240 g/mol. The van der Waals surface area contributed by atoms with Gasteiger partial charge in [0.25, 0.3) is 0 Å². The Kier molecular flexibility index (Phi) is 7.57. The molecule has 0 aromatic heterocycles. The summed E-state index contributed by atoms with van der Waals surface area (Å²) in [5, 5.41) is 19.8. The summed E-state index contributed by atoms with van der Waals surface area (Å²) in [7, 11) is 0. The van der Waals surface area contributed by atoms with Gasteiger partial charge in [-0.1, -0.05) is 0 Å². The second kappa shape index (κ2) is 7.80. The van der Waals surface area contributed by atoms with E-state index in [1.165, 1.54) is 11.8 Å². The van der Waals surface area contributed by atoms with Crippen LogP contribution in [0, 0.1) is 0 Å². The average molecular weight is 254 g/mol. The lowest BCUT2D eigenvalue weighted by Crippen LogP contribution is -2.39. The molecule has 0 spiro atoms. The Bertz CT molecular complexity index is 227. The Morgan fingerprint density at radius 3 is 2.40 bits per heavy atom. The number of carboxylic acid groups (broad SMARTS) is 2. The minimum absolute atomic E-state index is 0.181. The molecule has 2 atom stereocenters. The van der Waals surface area contributed by atoms with Crippen LogP contribution in [0.25, 0.3) is 0 Å². The van der Waals surface area contributed by atoms with Gasteiger partial charge in [-0.05, 0) is 0 Å². The number of nitrogens with two attached hydrogens (primary N) is 1. The van der Waals surface area contributed by atoms with Gasteiger partial charge in [-0.25, -0.2) is 0 Å². The molecule has 0 amide bonds. The van der Waals surface area contributed by atoms with E-state index >= 15 is 0 Å². The van der Waals surface area contributed by atoms with Gasteiger partial charge in [-0.2, -0.15) is 12.6 Å². The topological polar surface area (TPSA) is 113 Å². The molecule has 2 unspecified atom stereocenters. The summed E-state index contributed by atoms with van der Waals surface area (Å²) < 4.78 is 0. The van der Waals surface area contributed by atoms with Crippen molar-refractivity contribution in [1.29, 1.82) is 0 Å². The minimum Gasteiger partial charge on any atom is -0.480 e. The summed E-state index contributed by atoms with van der Waals surface area (Å²) >= 11 is 5.10. The molecule has 0 aromatic rings. The number of rotatable bonds is 8. The van der Waals surface area contributed by atoms with Gasteiger partial charge in [-0.3, -0.25) is 14.9 Å². The lowest BCUT2D eigenvalue weighted by molar-refractivity contribution is -0.139. The highest BCUT2D eigenvalue weighted by molar-refractivity contribution is 7.99. The molecule has 0 aromatic carbocycles. The number of nitrogens with one attached hydrogen (secondary N) is 1. The fourth-order valence-corrected chi connectivity index (χ4v) is 1.77. The van der Waals surface area contributed by atoms with Crippen molar-refractivity contribution in [3.05, 3.63) is 0 Å². The first-order valence-electron chi connectivity index (χ1n) is 4.12. The zero-order valence-electron chi connectivity index (χ0n) is 7.92. The van der Waals surface area contributed by atoms with Gasteiger partial charge in [0.15, 0.2) is 0 Å². The van der Waals surface area contributed by atoms with E-state index in [1.807, 2.05) is 0 Å². The molecule has 0 radical (unpaired) electrons. The molecule has 0 saturated heterocycles. The molecular formula is C7H14N2O4S2. The highest BCUT2D eigenvalue weighted by Crippen LogP contribution is 2.01. The van der Waals surface area contributed by atoms with Crippen LogP contribution in [0.4, 0.5) is 0 Å². The van der Waals surface area contributed by atoms with Gasteiger partial charge in [0.05, 0.1) is 0 Å². The normalized spacial score (nSPS) is 14.5. The lowest BCUT2D eigenvalue weighted by Gasteiger charge is -2.12. The molecule has 0 aliphatic heterocycles. The predicted molar refractivity (Wildman–Crippen MR) is 61.3 cm³/mol. The maximum absolute atomic E-state index is 10.5. The Morgan fingerprint density at radius 1 is 1.40 bits per heavy atom. The van der Waals surface area contributed by atoms with Crippen LogP contribution < -0.4 is 11.1 Å². The molecule has 15 heavy (non-hydrogen) atoms. The summed E-state index contributed by atoms with van der Waals surface area (Å²) in [5.74, 6) is -1.29. The molecule has 0 bridgehead atoms. The highest BCUT2D eigenvalue weighted by Gasteiger charge is 2.15. The van der Waals surface area contributed by atoms with E-state index in [-0.39, 0.29) is 11.5 Å². The van der Waals surface area contributed by atoms with Crippen molar-refractivity contribution < 1.29 is 19.8 Å². The average Bonchev–Trinajstić information content (AvgIpc) is 2.16. The van der Waals surface area contributed by atoms with Crippen molar-refractivity contribution in [2.75, 3.05) is 17.4 Å². The second-order valence-corrected chi connectivity index (χ2v) is 4.13. The third-order valence-corrected chi connectivity index (χ3v) is 2.86. The third-order valence-electron chi connectivity index (χ3n) is 1.53. The fourth-order valence-electron chi connectivity index (χ4n) is 0.647. The van der Waals surface area contributed by atoms with Crippen LogP contribution in [0.2, 0.25) is 0 Å². The van der Waals surface area contributed by atoms with Crippen LogP contribution in [-0.2, 0) is 9.59 Å². The maximum atomic E-state index is 10.5. The number of thioether (sulfide) groups is 1. The summed E-state index contributed by atoms with van der Waals surface area (Å²) in [6, 6.07) is -1.64. The zero-order valence-corrected chi connectivity index (χ0v) is 9.63. The molecule has 0 aliphatic carbocycles. The first kappa shape index (κ1) is 14.6. The Morgan fingerprint density at radius 2 is 2.00 bits per heavy atom. The van der Waals surface area contributed by atoms with E-state index in [9.17, 15) is 9.59 Å². The Labute approximate surface area is 97.0 Å². The number of hydrogen-bond donors (Lipinski definition) is 5. The monoisotopic (exact) mass is 254 g/mol. The van der Waals surface area contributed by atoms with Gasteiger partial charge in [0, 0.05) is 17.4 Å². The molecule has 0 saturated carbocycles.